The average molecular weight is 356 g/mol. The van der Waals surface area contributed by atoms with Crippen molar-refractivity contribution in [2.75, 3.05) is 19.0 Å². The standard InChI is InChI=1S/C20H24N2O4/c1-4-13(2)14-8-10-15(11-9-14)22-18(23)12-26-19-16(20(21)24)6-5-7-17(19)25-3/h5-11,13H,4,12H2,1-3H3,(H2,21,24)(H,22,23). The lowest BCUT2D eigenvalue weighted by Gasteiger charge is -2.14. The van der Waals surface area contributed by atoms with Crippen LogP contribution >= 0.6 is 0 Å². The molecule has 1 unspecified atom stereocenters. The molecule has 0 aliphatic carbocycles. The third-order valence-electron chi connectivity index (χ3n) is 4.19. The number of nitrogens with one attached hydrogen (secondary N) is 1. The van der Waals surface area contributed by atoms with Gasteiger partial charge in [-0.25, -0.2) is 0 Å². The molecule has 0 fully saturated rings. The highest BCUT2D eigenvalue weighted by Gasteiger charge is 2.16. The number of primary amides is 1. The Balaban J connectivity index is 2.02. The van der Waals surface area contributed by atoms with Crippen molar-refractivity contribution in [3.63, 3.8) is 0 Å². The van der Waals surface area contributed by atoms with Gasteiger partial charge in [0.1, 0.15) is 0 Å². The van der Waals surface area contributed by atoms with Gasteiger partial charge in [0.2, 0.25) is 0 Å². The lowest BCUT2D eigenvalue weighted by Crippen LogP contribution is -2.22. The molecule has 2 aromatic rings. The van der Waals surface area contributed by atoms with Gasteiger partial charge < -0.3 is 20.5 Å². The van der Waals surface area contributed by atoms with E-state index < -0.39 is 5.91 Å². The summed E-state index contributed by atoms with van der Waals surface area (Å²) < 4.78 is 10.7. The minimum atomic E-state index is -0.653. The average Bonchev–Trinajstić information content (AvgIpc) is 2.65. The third kappa shape index (κ3) is 4.75. The van der Waals surface area contributed by atoms with Gasteiger partial charge in [-0.05, 0) is 42.2 Å². The zero-order valence-electron chi connectivity index (χ0n) is 15.2. The van der Waals surface area contributed by atoms with Gasteiger partial charge in [-0.15, -0.1) is 0 Å². The minimum Gasteiger partial charge on any atom is -0.493 e. The summed E-state index contributed by atoms with van der Waals surface area (Å²) in [6, 6.07) is 12.5. The molecule has 26 heavy (non-hydrogen) atoms. The fourth-order valence-corrected chi connectivity index (χ4v) is 2.48. The zero-order valence-corrected chi connectivity index (χ0v) is 15.2. The number of methoxy groups -OCH3 is 1. The van der Waals surface area contributed by atoms with Crippen LogP contribution in [0.3, 0.4) is 0 Å². The first kappa shape index (κ1) is 19.3. The van der Waals surface area contributed by atoms with Gasteiger partial charge in [-0.2, -0.15) is 0 Å². The highest BCUT2D eigenvalue weighted by atomic mass is 16.5. The van der Waals surface area contributed by atoms with Crippen molar-refractivity contribution in [2.45, 2.75) is 26.2 Å². The molecule has 2 amide bonds. The van der Waals surface area contributed by atoms with E-state index in [1.165, 1.54) is 18.7 Å². The third-order valence-corrected chi connectivity index (χ3v) is 4.19. The van der Waals surface area contributed by atoms with Gasteiger partial charge in [-0.1, -0.05) is 32.0 Å². The molecule has 0 aliphatic heterocycles. The zero-order chi connectivity index (χ0) is 19.1. The summed E-state index contributed by atoms with van der Waals surface area (Å²) in [6.45, 7) is 4.02. The number of anilines is 1. The summed E-state index contributed by atoms with van der Waals surface area (Å²) in [5, 5.41) is 2.76. The van der Waals surface area contributed by atoms with Gasteiger partial charge in [0.25, 0.3) is 11.8 Å². The lowest BCUT2D eigenvalue weighted by atomic mass is 9.99. The number of carbonyl (C=O) groups is 2. The van der Waals surface area contributed by atoms with Crippen LogP contribution in [0.5, 0.6) is 11.5 Å². The molecule has 2 rings (SSSR count). The fourth-order valence-electron chi connectivity index (χ4n) is 2.48. The predicted molar refractivity (Wildman–Crippen MR) is 101 cm³/mol. The number of benzene rings is 2. The second-order valence-electron chi connectivity index (χ2n) is 5.97. The van der Waals surface area contributed by atoms with Crippen LogP contribution < -0.4 is 20.5 Å². The Bertz CT molecular complexity index is 772. The van der Waals surface area contributed by atoms with Crippen molar-refractivity contribution < 1.29 is 19.1 Å². The second kappa shape index (κ2) is 8.89. The molecular weight excluding hydrogens is 332 g/mol. The Labute approximate surface area is 153 Å². The SMILES string of the molecule is CCC(C)c1ccc(NC(=O)COc2c(OC)cccc2C(N)=O)cc1. The van der Waals surface area contributed by atoms with Crippen LogP contribution in [0.4, 0.5) is 5.69 Å². The second-order valence-corrected chi connectivity index (χ2v) is 5.97. The molecular formula is C20H24N2O4. The van der Waals surface area contributed by atoms with Crippen molar-refractivity contribution in [3.8, 4) is 11.5 Å². The minimum absolute atomic E-state index is 0.157. The van der Waals surface area contributed by atoms with Crippen LogP contribution in [0.15, 0.2) is 42.5 Å². The van der Waals surface area contributed by atoms with E-state index in [0.717, 1.165) is 6.42 Å². The molecule has 2 aromatic carbocycles. The molecule has 138 valence electrons. The summed E-state index contributed by atoms with van der Waals surface area (Å²) in [7, 11) is 1.45. The normalized spacial score (nSPS) is 11.5. The molecule has 3 N–H and O–H groups in total. The number of carbonyl (C=O) groups excluding carboxylic acids is 2. The fraction of sp³-hybridized carbons (Fsp3) is 0.300. The Morgan fingerprint density at radius 1 is 1.15 bits per heavy atom. The Kier molecular flexibility index (Phi) is 6.60. The quantitative estimate of drug-likeness (QED) is 0.759. The number of hydrogen-bond acceptors (Lipinski definition) is 4. The Morgan fingerprint density at radius 2 is 1.85 bits per heavy atom. The van der Waals surface area contributed by atoms with Crippen LogP contribution in [0, 0.1) is 0 Å². The summed E-state index contributed by atoms with van der Waals surface area (Å²) in [6.07, 6.45) is 1.06. The largest absolute Gasteiger partial charge is 0.493 e. The molecule has 0 spiro atoms. The van der Waals surface area contributed by atoms with Crippen LogP contribution in [0.25, 0.3) is 0 Å². The predicted octanol–water partition coefficient (Wildman–Crippen LogP) is 3.33. The van der Waals surface area contributed by atoms with Gasteiger partial charge >= 0.3 is 0 Å². The number of rotatable bonds is 8. The molecule has 0 saturated carbocycles. The van der Waals surface area contributed by atoms with E-state index in [-0.39, 0.29) is 23.8 Å². The van der Waals surface area contributed by atoms with Gasteiger partial charge in [0.05, 0.1) is 12.7 Å². The van der Waals surface area contributed by atoms with E-state index in [1.807, 2.05) is 24.3 Å². The van der Waals surface area contributed by atoms with Gasteiger partial charge in [0.15, 0.2) is 18.1 Å². The topological polar surface area (TPSA) is 90.7 Å². The maximum absolute atomic E-state index is 12.1. The highest BCUT2D eigenvalue weighted by molar-refractivity contribution is 5.97. The molecule has 1 atom stereocenters. The van der Waals surface area contributed by atoms with E-state index in [9.17, 15) is 9.59 Å². The number of amides is 2. The number of para-hydroxylation sites is 1. The molecule has 6 nitrogen and oxygen atoms in total. The van der Waals surface area contributed by atoms with Gasteiger partial charge in [-0.3, -0.25) is 9.59 Å². The van der Waals surface area contributed by atoms with Crippen molar-refractivity contribution in [1.82, 2.24) is 0 Å². The summed E-state index contributed by atoms with van der Waals surface area (Å²) in [5.74, 6) is -0.0276. The first-order valence-electron chi connectivity index (χ1n) is 8.45. The summed E-state index contributed by atoms with van der Waals surface area (Å²) >= 11 is 0. The van der Waals surface area contributed by atoms with Crippen molar-refractivity contribution in [2.24, 2.45) is 5.73 Å². The van der Waals surface area contributed by atoms with E-state index in [1.54, 1.807) is 12.1 Å². The van der Waals surface area contributed by atoms with E-state index >= 15 is 0 Å². The van der Waals surface area contributed by atoms with E-state index in [4.69, 9.17) is 15.2 Å². The number of nitrogens with two attached hydrogens (primary N) is 1. The number of hydrogen-bond donors (Lipinski definition) is 2. The monoisotopic (exact) mass is 356 g/mol. The molecule has 0 aromatic heterocycles. The van der Waals surface area contributed by atoms with Crippen LogP contribution in [0.1, 0.15) is 42.1 Å². The Hall–Kier alpha value is -3.02. The van der Waals surface area contributed by atoms with Gasteiger partial charge in [0, 0.05) is 5.69 Å². The molecule has 6 heteroatoms. The summed E-state index contributed by atoms with van der Waals surface area (Å²) in [5.41, 5.74) is 7.41. The molecule has 0 bridgehead atoms. The lowest BCUT2D eigenvalue weighted by molar-refractivity contribution is -0.118. The molecule has 0 aliphatic rings. The maximum Gasteiger partial charge on any atom is 0.262 e. The molecule has 0 saturated heterocycles. The summed E-state index contributed by atoms with van der Waals surface area (Å²) in [4.78, 5) is 23.7. The smallest absolute Gasteiger partial charge is 0.262 e. The molecule has 0 heterocycles. The van der Waals surface area contributed by atoms with Crippen molar-refractivity contribution >= 4 is 17.5 Å². The first-order chi connectivity index (χ1) is 12.5. The highest BCUT2D eigenvalue weighted by Crippen LogP contribution is 2.30. The first-order valence-corrected chi connectivity index (χ1v) is 8.45. The molecule has 0 radical (unpaired) electrons. The van der Waals surface area contributed by atoms with Crippen LogP contribution in [-0.4, -0.2) is 25.5 Å². The van der Waals surface area contributed by atoms with E-state index in [0.29, 0.717) is 17.4 Å². The van der Waals surface area contributed by atoms with E-state index in [2.05, 4.69) is 19.2 Å². The van der Waals surface area contributed by atoms with Crippen LogP contribution in [-0.2, 0) is 4.79 Å². The maximum atomic E-state index is 12.1. The Morgan fingerprint density at radius 3 is 2.42 bits per heavy atom. The number of ether oxygens (including phenoxy) is 2. The van der Waals surface area contributed by atoms with Crippen molar-refractivity contribution in [1.29, 1.82) is 0 Å². The van der Waals surface area contributed by atoms with Crippen molar-refractivity contribution in [3.05, 3.63) is 53.6 Å². The van der Waals surface area contributed by atoms with Crippen LogP contribution in [0.2, 0.25) is 0 Å².